The molecule has 3 saturated heterocycles. The summed E-state index contributed by atoms with van der Waals surface area (Å²) >= 11 is 0. The van der Waals surface area contributed by atoms with E-state index in [4.69, 9.17) is 10.5 Å². The number of benzene rings is 1. The molecule has 2 amide bonds. The molecule has 0 spiro atoms. The highest BCUT2D eigenvalue weighted by Gasteiger charge is 2.53. The SMILES string of the molecule is CCC(C)(C)[C@H](C(=O)N1C[C@@H](C)[C@H]2OCC(=O)[C@H]21)c1cc(N2CCN(C)CC2)ccc1C(N)=O. The van der Waals surface area contributed by atoms with Gasteiger partial charge in [0, 0.05) is 49.9 Å². The van der Waals surface area contributed by atoms with Crippen LogP contribution in [0, 0.1) is 11.3 Å². The number of ketones is 1. The van der Waals surface area contributed by atoms with Crippen molar-refractivity contribution in [1.82, 2.24) is 9.80 Å². The number of nitrogens with two attached hydrogens (primary N) is 1. The molecule has 4 rings (SSSR count). The average Bonchev–Trinajstić information content (AvgIpc) is 3.34. The van der Waals surface area contributed by atoms with Gasteiger partial charge in [0.15, 0.2) is 5.78 Å². The summed E-state index contributed by atoms with van der Waals surface area (Å²) in [4.78, 5) is 45.7. The van der Waals surface area contributed by atoms with E-state index in [0.29, 0.717) is 17.7 Å². The molecule has 0 unspecified atom stereocenters. The number of carbonyl (C=O) groups is 3. The van der Waals surface area contributed by atoms with Crippen molar-refractivity contribution < 1.29 is 19.1 Å². The number of hydrogen-bond acceptors (Lipinski definition) is 6. The number of fused-ring (bicyclic) bond motifs is 1. The van der Waals surface area contributed by atoms with Gasteiger partial charge in [0.1, 0.15) is 12.6 Å². The zero-order valence-electron chi connectivity index (χ0n) is 21.0. The Morgan fingerprint density at radius 3 is 2.50 bits per heavy atom. The van der Waals surface area contributed by atoms with Crippen LogP contribution in [0.2, 0.25) is 0 Å². The van der Waals surface area contributed by atoms with Gasteiger partial charge in [-0.05, 0) is 42.6 Å². The van der Waals surface area contributed by atoms with Crippen molar-refractivity contribution in [2.45, 2.75) is 52.2 Å². The second kappa shape index (κ2) is 9.30. The predicted octanol–water partition coefficient (Wildman–Crippen LogP) is 1.87. The van der Waals surface area contributed by atoms with Crippen LogP contribution in [0.15, 0.2) is 18.2 Å². The van der Waals surface area contributed by atoms with Gasteiger partial charge in [0.2, 0.25) is 11.8 Å². The Labute approximate surface area is 202 Å². The van der Waals surface area contributed by atoms with Gasteiger partial charge in [-0.15, -0.1) is 0 Å². The van der Waals surface area contributed by atoms with Crippen LogP contribution in [0.1, 0.15) is 56.0 Å². The van der Waals surface area contributed by atoms with Crippen molar-refractivity contribution in [3.63, 3.8) is 0 Å². The second-order valence-electron chi connectivity index (χ2n) is 10.9. The summed E-state index contributed by atoms with van der Waals surface area (Å²) in [6.45, 7) is 12.3. The summed E-state index contributed by atoms with van der Waals surface area (Å²) in [5, 5.41) is 0. The maximum absolute atomic E-state index is 14.2. The van der Waals surface area contributed by atoms with Gasteiger partial charge in [-0.2, -0.15) is 0 Å². The van der Waals surface area contributed by atoms with Crippen LogP contribution in [0.4, 0.5) is 5.69 Å². The minimum Gasteiger partial charge on any atom is -0.369 e. The molecule has 186 valence electrons. The molecule has 2 N–H and O–H groups in total. The first-order valence-corrected chi connectivity index (χ1v) is 12.4. The molecule has 0 bridgehead atoms. The van der Waals surface area contributed by atoms with Crippen LogP contribution in [0.25, 0.3) is 0 Å². The fourth-order valence-corrected chi connectivity index (χ4v) is 5.65. The largest absolute Gasteiger partial charge is 0.369 e. The van der Waals surface area contributed by atoms with Gasteiger partial charge in [-0.1, -0.05) is 27.7 Å². The van der Waals surface area contributed by atoms with Gasteiger partial charge in [-0.25, -0.2) is 0 Å². The van der Waals surface area contributed by atoms with Crippen molar-refractivity contribution in [2.24, 2.45) is 17.1 Å². The number of likely N-dealkylation sites (N-methyl/N-ethyl adjacent to an activating group) is 1. The third-order valence-electron chi connectivity index (χ3n) is 8.14. The Bertz CT molecular complexity index is 970. The molecule has 1 aromatic rings. The first kappa shape index (κ1) is 24.7. The molecule has 0 aromatic heterocycles. The quantitative estimate of drug-likeness (QED) is 0.682. The van der Waals surface area contributed by atoms with Gasteiger partial charge in [-0.3, -0.25) is 14.4 Å². The van der Waals surface area contributed by atoms with E-state index in [0.717, 1.165) is 38.3 Å². The number of likely N-dealkylation sites (tertiary alicyclic amines) is 1. The third kappa shape index (κ3) is 4.33. The van der Waals surface area contributed by atoms with Crippen molar-refractivity contribution >= 4 is 23.3 Å². The fourth-order valence-electron chi connectivity index (χ4n) is 5.65. The molecule has 8 heteroatoms. The minimum absolute atomic E-state index is 0.0444. The molecular formula is C26H38N4O4. The normalized spacial score (nSPS) is 26.6. The van der Waals surface area contributed by atoms with Crippen LogP contribution in [-0.4, -0.2) is 85.9 Å². The molecule has 0 saturated carbocycles. The molecule has 3 aliphatic rings. The van der Waals surface area contributed by atoms with Crippen molar-refractivity contribution in [2.75, 3.05) is 51.3 Å². The standard InChI is InChI=1S/C26H38N4O4/c1-6-26(3,4)21(25(33)30-14-16(2)23-22(30)20(31)15-34-23)19-13-17(7-8-18(19)24(27)32)29-11-9-28(5)10-12-29/h7-8,13,16,21-23H,6,9-12,14-15H2,1-5H3,(H2,27,32)/t16-,21+,22-,23-/m1/s1. The van der Waals surface area contributed by atoms with Gasteiger partial charge in [0.25, 0.3) is 0 Å². The van der Waals surface area contributed by atoms with Crippen LogP contribution < -0.4 is 10.6 Å². The first-order valence-electron chi connectivity index (χ1n) is 12.4. The molecule has 3 fully saturated rings. The molecule has 1 aromatic carbocycles. The van der Waals surface area contributed by atoms with E-state index in [1.807, 2.05) is 39.8 Å². The topological polar surface area (TPSA) is 96.2 Å². The van der Waals surface area contributed by atoms with E-state index in [-0.39, 0.29) is 30.3 Å². The highest BCUT2D eigenvalue weighted by atomic mass is 16.5. The van der Waals surface area contributed by atoms with Gasteiger partial charge in [0.05, 0.1) is 12.0 Å². The van der Waals surface area contributed by atoms with Gasteiger partial charge >= 0.3 is 0 Å². The number of hydrogen-bond donors (Lipinski definition) is 1. The van der Waals surface area contributed by atoms with Crippen LogP contribution in [-0.2, 0) is 14.3 Å². The average molecular weight is 471 g/mol. The molecular weight excluding hydrogens is 432 g/mol. The van der Waals surface area contributed by atoms with Crippen molar-refractivity contribution in [3.05, 3.63) is 29.3 Å². The van der Waals surface area contributed by atoms with E-state index >= 15 is 0 Å². The predicted molar refractivity (Wildman–Crippen MR) is 131 cm³/mol. The fraction of sp³-hybridized carbons (Fsp3) is 0.654. The van der Waals surface area contributed by atoms with E-state index in [1.165, 1.54) is 0 Å². The zero-order chi connectivity index (χ0) is 24.8. The summed E-state index contributed by atoms with van der Waals surface area (Å²) < 4.78 is 5.72. The molecule has 34 heavy (non-hydrogen) atoms. The van der Waals surface area contributed by atoms with Crippen molar-refractivity contribution in [3.8, 4) is 0 Å². The van der Waals surface area contributed by atoms with Crippen molar-refractivity contribution in [1.29, 1.82) is 0 Å². The third-order valence-corrected chi connectivity index (χ3v) is 8.14. The number of rotatable bonds is 6. The molecule has 0 radical (unpaired) electrons. The number of primary amides is 1. The molecule has 3 heterocycles. The Hall–Kier alpha value is -2.45. The lowest BCUT2D eigenvalue weighted by Gasteiger charge is -2.38. The summed E-state index contributed by atoms with van der Waals surface area (Å²) in [6.07, 6.45) is 0.469. The maximum atomic E-state index is 14.2. The zero-order valence-corrected chi connectivity index (χ0v) is 21.0. The number of ether oxygens (including phenoxy) is 1. The van der Waals surface area contributed by atoms with Crippen LogP contribution in [0.5, 0.6) is 0 Å². The molecule has 4 atom stereocenters. The van der Waals surface area contributed by atoms with E-state index in [1.54, 1.807) is 11.0 Å². The number of nitrogens with zero attached hydrogens (tertiary/aromatic N) is 3. The van der Waals surface area contributed by atoms with E-state index in [2.05, 4.69) is 16.8 Å². The number of Topliss-reactive ketones (excluding diaryl/α,β-unsaturated/α-hetero) is 1. The van der Waals surface area contributed by atoms with E-state index in [9.17, 15) is 14.4 Å². The highest BCUT2D eigenvalue weighted by Crippen LogP contribution is 2.44. The smallest absolute Gasteiger partial charge is 0.249 e. The second-order valence-corrected chi connectivity index (χ2v) is 10.9. The lowest BCUT2D eigenvalue weighted by Crippen LogP contribution is -2.47. The number of amides is 2. The lowest BCUT2D eigenvalue weighted by atomic mass is 9.71. The van der Waals surface area contributed by atoms with Crippen LogP contribution in [0.3, 0.4) is 0 Å². The molecule has 8 nitrogen and oxygen atoms in total. The number of anilines is 1. The summed E-state index contributed by atoms with van der Waals surface area (Å²) in [5.74, 6) is -1.23. The summed E-state index contributed by atoms with van der Waals surface area (Å²) in [5.41, 5.74) is 7.37. The number of carbonyl (C=O) groups excluding carboxylic acids is 3. The Kier molecular flexibility index (Phi) is 6.75. The lowest BCUT2D eigenvalue weighted by molar-refractivity contribution is -0.140. The Morgan fingerprint density at radius 2 is 1.88 bits per heavy atom. The van der Waals surface area contributed by atoms with Crippen LogP contribution >= 0.6 is 0 Å². The highest BCUT2D eigenvalue weighted by molar-refractivity contribution is 5.99. The maximum Gasteiger partial charge on any atom is 0.249 e. The van der Waals surface area contributed by atoms with E-state index < -0.39 is 23.3 Å². The monoisotopic (exact) mass is 470 g/mol. The Morgan fingerprint density at radius 1 is 1.21 bits per heavy atom. The summed E-state index contributed by atoms with van der Waals surface area (Å²) in [7, 11) is 2.11. The first-order chi connectivity index (χ1) is 16.0. The van der Waals surface area contributed by atoms with Gasteiger partial charge < -0.3 is 25.2 Å². The Balaban J connectivity index is 1.78. The number of piperazine rings is 1. The summed E-state index contributed by atoms with van der Waals surface area (Å²) in [6, 6.07) is 5.12. The molecule has 0 aliphatic carbocycles. The molecule has 3 aliphatic heterocycles. The minimum atomic E-state index is -0.605.